The topological polar surface area (TPSA) is 96.4 Å². The van der Waals surface area contributed by atoms with Crippen LogP contribution >= 0.6 is 0 Å². The van der Waals surface area contributed by atoms with Gasteiger partial charge in [-0.05, 0) is 47.0 Å². The number of ether oxygens (including phenoxy) is 2. The Labute approximate surface area is 189 Å². The summed E-state index contributed by atoms with van der Waals surface area (Å²) in [5, 5.41) is 14.8. The van der Waals surface area contributed by atoms with Crippen LogP contribution < -0.4 is 30.7 Å². The van der Waals surface area contributed by atoms with E-state index in [0.717, 1.165) is 16.8 Å². The summed E-state index contributed by atoms with van der Waals surface area (Å²) in [7, 11) is 1.53. The lowest BCUT2D eigenvalue weighted by Gasteiger charge is -2.12. The number of methoxy groups -OCH3 is 1. The van der Waals surface area contributed by atoms with Gasteiger partial charge in [0, 0.05) is 0 Å². The molecular weight excluding hydrogens is 420 g/mol. The van der Waals surface area contributed by atoms with Gasteiger partial charge in [-0.15, -0.1) is 0 Å². The summed E-state index contributed by atoms with van der Waals surface area (Å²) >= 11 is 0. The molecule has 0 spiro atoms. The fraction of sp³-hybridized carbons (Fsp3) is 0.0769. The lowest BCUT2D eigenvalue weighted by Crippen LogP contribution is -2.33. The molecule has 1 aromatic heterocycles. The molecule has 0 unspecified atom stereocenters. The zero-order valence-corrected chi connectivity index (χ0v) is 17.9. The van der Waals surface area contributed by atoms with Crippen LogP contribution in [-0.4, -0.2) is 22.9 Å². The highest BCUT2D eigenvalue weighted by Gasteiger charge is 2.08. The van der Waals surface area contributed by atoms with Crippen LogP contribution in [0.2, 0.25) is 0 Å². The highest BCUT2D eigenvalue weighted by atomic mass is 16.5. The summed E-state index contributed by atoms with van der Waals surface area (Å²) in [5.41, 5.74) is 2.18. The van der Waals surface area contributed by atoms with Crippen molar-refractivity contribution in [1.82, 2.24) is 9.78 Å². The maximum absolute atomic E-state index is 12.9. The molecule has 0 saturated heterocycles. The smallest absolute Gasteiger partial charge is 0.279 e. The second-order valence-corrected chi connectivity index (χ2v) is 7.31. The van der Waals surface area contributed by atoms with Gasteiger partial charge in [-0.3, -0.25) is 9.89 Å². The van der Waals surface area contributed by atoms with Crippen LogP contribution in [0.15, 0.2) is 77.6 Å². The van der Waals surface area contributed by atoms with Crippen molar-refractivity contribution in [2.24, 2.45) is 0 Å². The molecule has 0 aliphatic heterocycles. The fourth-order valence-electron chi connectivity index (χ4n) is 3.36. The normalized spacial score (nSPS) is 11.4. The fourth-order valence-corrected chi connectivity index (χ4v) is 3.36. The number of hydrogen-bond donors (Lipinski definition) is 1. The first-order valence-corrected chi connectivity index (χ1v) is 10.1. The third-order valence-electron chi connectivity index (χ3n) is 5.10. The summed E-state index contributed by atoms with van der Waals surface area (Å²) in [6.45, 7) is 4.19. The third-order valence-corrected chi connectivity index (χ3v) is 5.10. The van der Waals surface area contributed by atoms with Crippen LogP contribution in [0.4, 0.5) is 0 Å². The molecule has 0 amide bonds. The van der Waals surface area contributed by atoms with Gasteiger partial charge in [0.15, 0.2) is 11.5 Å². The molecule has 7 nitrogen and oxygen atoms in total. The summed E-state index contributed by atoms with van der Waals surface area (Å²) in [4.78, 5) is 23.8. The van der Waals surface area contributed by atoms with Crippen LogP contribution in [0.25, 0.3) is 18.3 Å². The molecule has 0 fully saturated rings. The molecule has 33 heavy (non-hydrogen) atoms. The Hall–Kier alpha value is -4.52. The van der Waals surface area contributed by atoms with Crippen molar-refractivity contribution in [2.45, 2.75) is 6.61 Å². The Morgan fingerprint density at radius 3 is 2.45 bits per heavy atom. The Bertz CT molecular complexity index is 1450. The van der Waals surface area contributed by atoms with Crippen LogP contribution in [-0.2, 0) is 6.61 Å². The molecule has 0 aliphatic carbocycles. The molecule has 1 heterocycles. The Morgan fingerprint density at radius 2 is 1.79 bits per heavy atom. The Kier molecular flexibility index (Phi) is 6.13. The van der Waals surface area contributed by atoms with Crippen LogP contribution in [0.3, 0.4) is 0 Å². The number of hydrogen-bond acceptors (Lipinski definition) is 5. The maximum Gasteiger partial charge on any atom is 0.279 e. The molecule has 0 aliphatic rings. The molecule has 0 atom stereocenters. The molecule has 0 saturated carbocycles. The minimum absolute atomic E-state index is 0.108. The van der Waals surface area contributed by atoms with Crippen LogP contribution in [0.1, 0.15) is 21.5 Å². The van der Waals surface area contributed by atoms with E-state index in [1.807, 2.05) is 36.4 Å². The third kappa shape index (κ3) is 4.72. The van der Waals surface area contributed by atoms with Gasteiger partial charge in [0.1, 0.15) is 6.61 Å². The van der Waals surface area contributed by atoms with E-state index in [1.165, 1.54) is 23.9 Å². The van der Waals surface area contributed by atoms with E-state index in [4.69, 9.17) is 9.47 Å². The first-order valence-electron chi connectivity index (χ1n) is 10.1. The number of carboxylic acids is 1. The number of aromatic carboxylic acids is 1. The highest BCUT2D eigenvalue weighted by Crippen LogP contribution is 2.29. The molecule has 7 heteroatoms. The van der Waals surface area contributed by atoms with Gasteiger partial charge in [-0.1, -0.05) is 55.1 Å². The number of aromatic amines is 1. The highest BCUT2D eigenvalue weighted by molar-refractivity contribution is 5.85. The minimum Gasteiger partial charge on any atom is -0.545 e. The van der Waals surface area contributed by atoms with E-state index >= 15 is 0 Å². The average molecular weight is 441 g/mol. The largest absolute Gasteiger partial charge is 0.545 e. The first-order chi connectivity index (χ1) is 16.0. The summed E-state index contributed by atoms with van der Waals surface area (Å²) in [6.07, 6.45) is 1.74. The van der Waals surface area contributed by atoms with Gasteiger partial charge >= 0.3 is 0 Å². The number of H-pyrrole nitrogens is 1. The van der Waals surface area contributed by atoms with Crippen molar-refractivity contribution in [3.63, 3.8) is 0 Å². The molecule has 4 aromatic rings. The minimum atomic E-state index is -1.22. The number of nitrogens with zero attached hydrogens (tertiary/aromatic N) is 1. The summed E-state index contributed by atoms with van der Waals surface area (Å²) < 4.78 is 12.8. The van der Waals surface area contributed by atoms with Crippen molar-refractivity contribution in [1.29, 1.82) is 0 Å². The summed E-state index contributed by atoms with van der Waals surface area (Å²) in [5.74, 6) is -0.205. The molecule has 4 rings (SSSR count). The van der Waals surface area contributed by atoms with Gasteiger partial charge < -0.3 is 19.4 Å². The monoisotopic (exact) mass is 441 g/mol. The number of benzene rings is 3. The predicted molar refractivity (Wildman–Crippen MR) is 123 cm³/mol. The van der Waals surface area contributed by atoms with Crippen molar-refractivity contribution >= 4 is 18.6 Å². The van der Waals surface area contributed by atoms with E-state index in [-0.39, 0.29) is 17.7 Å². The number of para-hydroxylation sites is 1. The Balaban J connectivity index is 1.59. The van der Waals surface area contributed by atoms with E-state index in [2.05, 4.69) is 11.7 Å². The van der Waals surface area contributed by atoms with Gasteiger partial charge in [-0.25, -0.2) is 4.68 Å². The van der Waals surface area contributed by atoms with Crippen molar-refractivity contribution in [3.05, 3.63) is 110 Å². The van der Waals surface area contributed by atoms with Gasteiger partial charge in [0.05, 0.1) is 29.3 Å². The second kappa shape index (κ2) is 9.32. The standard InChI is InChI=1S/C26H22N2O5/c1-17-22(25(29)28(27-17)21-6-4-3-5-7-21)14-19-10-13-23(24(15-19)32-2)33-16-18-8-11-20(12-9-18)26(30)31/h3-15,27H,1,16H2,2H3,(H,30,31)/p-1/b22-14-. The lowest BCUT2D eigenvalue weighted by atomic mass is 10.1. The lowest BCUT2D eigenvalue weighted by molar-refractivity contribution is -0.255. The number of carbonyl (C=O) groups is 1. The molecule has 0 bridgehead atoms. The maximum atomic E-state index is 12.9. The first kappa shape index (κ1) is 21.7. The van der Waals surface area contributed by atoms with Crippen molar-refractivity contribution < 1.29 is 19.4 Å². The zero-order chi connectivity index (χ0) is 23.4. The SMILES string of the molecule is C=c1[nH]n(-c2ccccc2)c(=O)/c1=C\c1ccc(OCc2ccc(C(=O)[O-])cc2)c(OC)c1. The van der Waals surface area contributed by atoms with Crippen LogP contribution in [0.5, 0.6) is 11.5 Å². The number of nitrogens with one attached hydrogen (secondary N) is 1. The molecule has 3 aromatic carbocycles. The number of rotatable bonds is 7. The van der Waals surface area contributed by atoms with Gasteiger partial charge in [0.2, 0.25) is 0 Å². The molecule has 1 N–H and O–H groups in total. The molecular formula is C26H21N2O5-. The van der Waals surface area contributed by atoms with Crippen LogP contribution in [0, 0.1) is 0 Å². The van der Waals surface area contributed by atoms with E-state index in [1.54, 1.807) is 30.3 Å². The second-order valence-electron chi connectivity index (χ2n) is 7.31. The zero-order valence-electron chi connectivity index (χ0n) is 17.9. The predicted octanol–water partition coefficient (Wildman–Crippen LogP) is 1.36. The average Bonchev–Trinajstić information content (AvgIpc) is 3.12. The van der Waals surface area contributed by atoms with E-state index < -0.39 is 5.97 Å². The summed E-state index contributed by atoms with van der Waals surface area (Å²) in [6, 6.07) is 20.9. The van der Waals surface area contributed by atoms with E-state index in [9.17, 15) is 14.7 Å². The number of carbonyl (C=O) groups excluding carboxylic acids is 1. The molecule has 0 radical (unpaired) electrons. The Morgan fingerprint density at radius 1 is 1.06 bits per heavy atom. The van der Waals surface area contributed by atoms with Crippen molar-refractivity contribution in [2.75, 3.05) is 7.11 Å². The van der Waals surface area contributed by atoms with E-state index in [0.29, 0.717) is 22.1 Å². The van der Waals surface area contributed by atoms with Gasteiger partial charge in [-0.2, -0.15) is 0 Å². The van der Waals surface area contributed by atoms with Crippen molar-refractivity contribution in [3.8, 4) is 17.2 Å². The van der Waals surface area contributed by atoms with Gasteiger partial charge in [0.25, 0.3) is 5.56 Å². The molecule has 166 valence electrons. The number of carboxylic acid groups (broad SMARTS) is 1. The number of aromatic nitrogens is 2. The quantitative estimate of drug-likeness (QED) is 0.467.